The van der Waals surface area contributed by atoms with E-state index in [4.69, 9.17) is 9.47 Å². The highest BCUT2D eigenvalue weighted by atomic mass is 79.9. The maximum atomic E-state index is 14.4. The van der Waals surface area contributed by atoms with Gasteiger partial charge in [-0.1, -0.05) is 60.7 Å². The Kier molecular flexibility index (Phi) is 7.19. The van der Waals surface area contributed by atoms with E-state index in [-0.39, 0.29) is 17.9 Å². The molecule has 0 fully saturated rings. The number of esters is 1. The highest BCUT2D eigenvalue weighted by molar-refractivity contribution is 9.10. The van der Waals surface area contributed by atoms with Gasteiger partial charge in [0.1, 0.15) is 11.4 Å². The molecule has 0 heterocycles. The number of ether oxygens (including phenoxy) is 2. The average Bonchev–Trinajstić information content (AvgIpc) is 2.78. The molecular weight excluding hydrogens is 453 g/mol. The van der Waals surface area contributed by atoms with Crippen LogP contribution in [0, 0.1) is 5.82 Å². The van der Waals surface area contributed by atoms with Crippen LogP contribution in [0.25, 0.3) is 0 Å². The van der Waals surface area contributed by atoms with Crippen molar-refractivity contribution < 1.29 is 23.5 Å². The lowest BCUT2D eigenvalue weighted by Crippen LogP contribution is -2.32. The number of rotatable bonds is 7. The zero-order valence-electron chi connectivity index (χ0n) is 16.1. The van der Waals surface area contributed by atoms with Gasteiger partial charge in [-0.05, 0) is 33.6 Å². The summed E-state index contributed by atoms with van der Waals surface area (Å²) in [5.74, 6) is -2.34. The van der Waals surface area contributed by atoms with Gasteiger partial charge in [-0.25, -0.2) is 9.18 Å². The first-order valence-corrected chi connectivity index (χ1v) is 9.90. The van der Waals surface area contributed by atoms with Gasteiger partial charge in [-0.3, -0.25) is 4.79 Å². The molecule has 0 bridgehead atoms. The molecule has 0 aromatic heterocycles. The molecule has 3 rings (SSSR count). The predicted molar refractivity (Wildman–Crippen MR) is 114 cm³/mol. The molecule has 0 radical (unpaired) electrons. The summed E-state index contributed by atoms with van der Waals surface area (Å²) in [5.41, 5.74) is 0.971. The van der Waals surface area contributed by atoms with Crippen LogP contribution in [0.15, 0.2) is 77.3 Å². The molecule has 0 saturated carbocycles. The highest BCUT2D eigenvalue weighted by Crippen LogP contribution is 2.32. The molecular formula is C23H19BrFNO4. The molecule has 0 spiro atoms. The second-order valence-corrected chi connectivity index (χ2v) is 7.19. The van der Waals surface area contributed by atoms with Crippen molar-refractivity contribution in [2.24, 2.45) is 0 Å². The zero-order valence-corrected chi connectivity index (χ0v) is 17.7. The van der Waals surface area contributed by atoms with Gasteiger partial charge in [-0.15, -0.1) is 0 Å². The highest BCUT2D eigenvalue weighted by Gasteiger charge is 2.29. The number of nitrogens with one attached hydrogen (secondary N) is 1. The minimum Gasteiger partial charge on any atom is -0.495 e. The van der Waals surface area contributed by atoms with Crippen molar-refractivity contribution in [3.05, 3.63) is 99.8 Å². The van der Waals surface area contributed by atoms with Crippen LogP contribution in [0.5, 0.6) is 5.75 Å². The first kappa shape index (κ1) is 21.5. The van der Waals surface area contributed by atoms with Gasteiger partial charge >= 0.3 is 5.97 Å². The van der Waals surface area contributed by atoms with E-state index >= 15 is 0 Å². The predicted octanol–water partition coefficient (Wildman–Crippen LogP) is 4.81. The number of carbonyl (C=O) groups is 2. The molecule has 30 heavy (non-hydrogen) atoms. The van der Waals surface area contributed by atoms with E-state index in [2.05, 4.69) is 21.2 Å². The Bertz CT molecular complexity index is 1030. The maximum Gasteiger partial charge on any atom is 0.346 e. The van der Waals surface area contributed by atoms with Crippen molar-refractivity contribution >= 4 is 27.8 Å². The van der Waals surface area contributed by atoms with Gasteiger partial charge in [0.05, 0.1) is 11.6 Å². The van der Waals surface area contributed by atoms with Crippen LogP contribution < -0.4 is 10.1 Å². The van der Waals surface area contributed by atoms with Crippen LogP contribution in [0.1, 0.15) is 27.6 Å². The fourth-order valence-corrected chi connectivity index (χ4v) is 3.36. The third kappa shape index (κ3) is 5.04. The minimum atomic E-state index is -1.26. The maximum absolute atomic E-state index is 14.4. The van der Waals surface area contributed by atoms with E-state index in [1.807, 2.05) is 30.3 Å². The van der Waals surface area contributed by atoms with Gasteiger partial charge in [0, 0.05) is 12.1 Å². The molecule has 1 N–H and O–H groups in total. The van der Waals surface area contributed by atoms with E-state index < -0.39 is 23.8 Å². The molecule has 0 aliphatic heterocycles. The quantitative estimate of drug-likeness (QED) is 0.502. The Hall–Kier alpha value is -3.19. The summed E-state index contributed by atoms with van der Waals surface area (Å²) in [6.07, 6.45) is -1.26. The van der Waals surface area contributed by atoms with Gasteiger partial charge < -0.3 is 14.8 Å². The number of amides is 1. The van der Waals surface area contributed by atoms with Gasteiger partial charge in [0.2, 0.25) is 6.10 Å². The fraction of sp³-hybridized carbons (Fsp3) is 0.130. The Morgan fingerprint density at radius 2 is 1.63 bits per heavy atom. The molecule has 0 aliphatic carbocycles. The van der Waals surface area contributed by atoms with Gasteiger partial charge in [0.25, 0.3) is 5.91 Å². The molecule has 5 nitrogen and oxygen atoms in total. The molecule has 7 heteroatoms. The summed E-state index contributed by atoms with van der Waals surface area (Å²) < 4.78 is 25.4. The van der Waals surface area contributed by atoms with Crippen molar-refractivity contribution in [1.29, 1.82) is 0 Å². The number of carbonyl (C=O) groups excluding carboxylic acids is 2. The summed E-state index contributed by atoms with van der Waals surface area (Å²) in [6.45, 7) is 0.259. The molecule has 3 aromatic rings. The second-order valence-electron chi connectivity index (χ2n) is 6.34. The fourth-order valence-electron chi connectivity index (χ4n) is 2.87. The SMILES string of the molecule is COc1c(Br)ccc(F)c1C(=O)OC(C(=O)NCc1ccccc1)c1ccccc1. The van der Waals surface area contributed by atoms with Gasteiger partial charge in [-0.2, -0.15) is 0 Å². The Morgan fingerprint density at radius 3 is 2.27 bits per heavy atom. The molecule has 1 amide bonds. The molecule has 1 unspecified atom stereocenters. The van der Waals surface area contributed by atoms with E-state index in [9.17, 15) is 14.0 Å². The topological polar surface area (TPSA) is 64.6 Å². The third-order valence-corrected chi connectivity index (χ3v) is 4.97. The molecule has 0 aliphatic rings. The minimum absolute atomic E-state index is 0.00324. The molecule has 154 valence electrons. The number of methoxy groups -OCH3 is 1. The lowest BCUT2D eigenvalue weighted by molar-refractivity contribution is -0.130. The molecule has 0 saturated heterocycles. The van der Waals surface area contributed by atoms with Crippen molar-refractivity contribution in [3.8, 4) is 5.75 Å². The van der Waals surface area contributed by atoms with Gasteiger partial charge in [0.15, 0.2) is 5.75 Å². The van der Waals surface area contributed by atoms with Crippen LogP contribution in [-0.2, 0) is 16.1 Å². The summed E-state index contributed by atoms with van der Waals surface area (Å²) in [6, 6.07) is 20.4. The monoisotopic (exact) mass is 471 g/mol. The second kappa shape index (κ2) is 10.0. The normalized spacial score (nSPS) is 11.4. The third-order valence-electron chi connectivity index (χ3n) is 4.34. The van der Waals surface area contributed by atoms with Crippen LogP contribution in [0.2, 0.25) is 0 Å². The molecule has 1 atom stereocenters. The number of hydrogen-bond acceptors (Lipinski definition) is 4. The van der Waals surface area contributed by atoms with Crippen molar-refractivity contribution in [1.82, 2.24) is 5.32 Å². The van der Waals surface area contributed by atoms with E-state index in [0.717, 1.165) is 11.6 Å². The van der Waals surface area contributed by atoms with Crippen LogP contribution in [0.3, 0.4) is 0 Å². The Labute approximate surface area is 182 Å². The number of benzene rings is 3. The number of hydrogen-bond donors (Lipinski definition) is 1. The summed E-state index contributed by atoms with van der Waals surface area (Å²) in [4.78, 5) is 25.7. The largest absolute Gasteiger partial charge is 0.495 e. The summed E-state index contributed by atoms with van der Waals surface area (Å²) >= 11 is 3.22. The van der Waals surface area contributed by atoms with Crippen molar-refractivity contribution in [3.63, 3.8) is 0 Å². The van der Waals surface area contributed by atoms with Crippen molar-refractivity contribution in [2.75, 3.05) is 7.11 Å². The lowest BCUT2D eigenvalue weighted by Gasteiger charge is -2.19. The smallest absolute Gasteiger partial charge is 0.346 e. The summed E-state index contributed by atoms with van der Waals surface area (Å²) in [7, 11) is 1.32. The Balaban J connectivity index is 1.86. The van der Waals surface area contributed by atoms with E-state index in [0.29, 0.717) is 10.0 Å². The average molecular weight is 472 g/mol. The van der Waals surface area contributed by atoms with E-state index in [1.54, 1.807) is 30.3 Å². The first-order chi connectivity index (χ1) is 14.5. The van der Waals surface area contributed by atoms with Crippen LogP contribution in [0.4, 0.5) is 4.39 Å². The van der Waals surface area contributed by atoms with Crippen LogP contribution >= 0.6 is 15.9 Å². The van der Waals surface area contributed by atoms with E-state index in [1.165, 1.54) is 13.2 Å². The standard InChI is InChI=1S/C23H19BrFNO4/c1-29-21-17(24)12-13-18(25)19(21)23(28)30-20(16-10-6-3-7-11-16)22(27)26-14-15-8-4-2-5-9-15/h2-13,20H,14H2,1H3,(H,26,27). The first-order valence-electron chi connectivity index (χ1n) is 9.10. The summed E-state index contributed by atoms with van der Waals surface area (Å²) in [5, 5.41) is 2.76. The van der Waals surface area contributed by atoms with Crippen LogP contribution in [-0.4, -0.2) is 19.0 Å². The zero-order chi connectivity index (χ0) is 21.5. The molecule has 3 aromatic carbocycles. The van der Waals surface area contributed by atoms with Crippen molar-refractivity contribution in [2.45, 2.75) is 12.6 Å². The number of halogens is 2. The Morgan fingerprint density at radius 1 is 1.00 bits per heavy atom. The lowest BCUT2D eigenvalue weighted by atomic mass is 10.1.